The van der Waals surface area contributed by atoms with Gasteiger partial charge >= 0.3 is 6.09 Å². The maximum atomic E-state index is 14.8. The molecule has 5 rings (SSSR count). The van der Waals surface area contributed by atoms with Crippen LogP contribution in [0.2, 0.25) is 0 Å². The van der Waals surface area contributed by atoms with Crippen LogP contribution in [-0.4, -0.2) is 77.6 Å². The summed E-state index contributed by atoms with van der Waals surface area (Å²) in [7, 11) is 0. The van der Waals surface area contributed by atoms with Crippen LogP contribution in [0.4, 0.5) is 4.79 Å². The van der Waals surface area contributed by atoms with Crippen LogP contribution in [0, 0.1) is 17.8 Å². The molecule has 3 N–H and O–H groups in total. The van der Waals surface area contributed by atoms with Crippen LogP contribution in [0.3, 0.4) is 0 Å². The van der Waals surface area contributed by atoms with Crippen molar-refractivity contribution in [2.75, 3.05) is 32.9 Å². The molecule has 0 radical (unpaired) electrons. The molecule has 2 aromatic rings. The van der Waals surface area contributed by atoms with Gasteiger partial charge in [0.15, 0.2) is 0 Å². The largest absolute Gasteiger partial charge is 0.459 e. The Hall–Kier alpha value is -4.19. The molecule has 6 atom stereocenters. The number of aliphatic hydroxyl groups excluding tert-OH is 2. The number of nitrogens with one attached hydrogen (secondary N) is 1. The van der Waals surface area contributed by atoms with Crippen molar-refractivity contribution >= 4 is 17.7 Å². The zero-order valence-corrected chi connectivity index (χ0v) is 38.6. The minimum Gasteiger partial charge on any atom is -0.459 e. The monoisotopic (exact) mass is 872 g/mol. The molecule has 0 spiro atoms. The van der Waals surface area contributed by atoms with E-state index in [-0.39, 0.29) is 50.1 Å². The Bertz CT molecular complexity index is 1770. The first-order chi connectivity index (χ1) is 30.8. The van der Waals surface area contributed by atoms with Crippen LogP contribution in [0.1, 0.15) is 153 Å². The van der Waals surface area contributed by atoms with Gasteiger partial charge < -0.3 is 39.5 Å². The number of allylic oxidation sites excluding steroid dienone is 1. The number of aliphatic hydroxyl groups is 2. The number of hydrogen-bond acceptors (Lipinski definition) is 9. The summed E-state index contributed by atoms with van der Waals surface area (Å²) < 4.78 is 20.3. The van der Waals surface area contributed by atoms with Crippen molar-refractivity contribution in [3.8, 4) is 11.5 Å². The van der Waals surface area contributed by atoms with Gasteiger partial charge in [-0.05, 0) is 86.6 Å². The van der Waals surface area contributed by atoms with Gasteiger partial charge in [-0.3, -0.25) is 4.79 Å². The fraction of sp³-hybridized carbons (Fsp3) is 0.635. The summed E-state index contributed by atoms with van der Waals surface area (Å²) in [5.41, 5.74) is 3.64. The van der Waals surface area contributed by atoms with Gasteiger partial charge in [-0.25, -0.2) is 4.79 Å². The van der Waals surface area contributed by atoms with E-state index < -0.39 is 23.8 Å². The summed E-state index contributed by atoms with van der Waals surface area (Å²) in [6, 6.07) is 15.0. The third-order valence-corrected chi connectivity index (χ3v) is 13.1. The zero-order chi connectivity index (χ0) is 44.9. The second-order valence-electron chi connectivity index (χ2n) is 17.6. The van der Waals surface area contributed by atoms with Crippen molar-refractivity contribution in [1.29, 1.82) is 0 Å². The smallest absolute Gasteiger partial charge is 0.412 e. The minimum atomic E-state index is -1.33. The molecule has 1 heterocycles. The average molecular weight is 872 g/mol. The number of ether oxygens (including phenoxy) is 3. The number of hydrogen-bond donors (Lipinski definition) is 3. The van der Waals surface area contributed by atoms with E-state index in [9.17, 15) is 19.8 Å². The summed E-state index contributed by atoms with van der Waals surface area (Å²) in [6.45, 7) is 11.9. The van der Waals surface area contributed by atoms with Gasteiger partial charge in [0.1, 0.15) is 24.1 Å². The molecule has 0 bridgehead atoms. The molecule has 1 saturated carbocycles. The number of carbonyl (C=O) groups is 2. The van der Waals surface area contributed by atoms with E-state index in [1.54, 1.807) is 12.1 Å². The molecule has 2 amide bonds. The molecular formula is C52H77N3O8. The highest BCUT2D eigenvalue weighted by molar-refractivity contribution is 6.03. The quantitative estimate of drug-likeness (QED) is 0.0417. The number of carbonyl (C=O) groups excluding carboxylic acids is 2. The molecule has 11 heteroatoms. The predicted molar refractivity (Wildman–Crippen MR) is 250 cm³/mol. The number of unbranched alkanes of at least 4 members (excludes halogenated alkanes) is 10. The number of amides is 2. The standard InChI is InChI=1S/C52H77N3O8/c1-5-9-10-11-12-13-14-15-19-28-48(58)55(31-6-2)47-37-45(54-61-38-39-24-17-16-18-25-39)43-35-40(26-20-22-32-56)42(27-21-23-33-57)49-44-36-41(62-51(59)53-8-4)29-30-46(44)63-52(47,50(43)49)60-34-7-3/h7,16-18,24-25,29-30,35-36,40,42,47,49-50,56-57H,3,5-6,8-15,19-23,26-28,31-34,37-38H2,1-2,4H3,(H,53,59). The molecule has 2 aliphatic carbocycles. The maximum absolute atomic E-state index is 14.8. The van der Waals surface area contributed by atoms with Crippen molar-refractivity contribution in [3.63, 3.8) is 0 Å². The molecule has 6 unspecified atom stereocenters. The van der Waals surface area contributed by atoms with Crippen LogP contribution in [-0.2, 0) is 21.0 Å². The Morgan fingerprint density at radius 2 is 1.62 bits per heavy atom. The van der Waals surface area contributed by atoms with Gasteiger partial charge in [-0.1, -0.05) is 126 Å². The minimum absolute atomic E-state index is 0.0561. The Balaban J connectivity index is 1.64. The molecule has 1 aliphatic heterocycles. The van der Waals surface area contributed by atoms with Crippen LogP contribution < -0.4 is 14.8 Å². The topological polar surface area (TPSA) is 139 Å². The van der Waals surface area contributed by atoms with E-state index in [1.807, 2.05) is 54.3 Å². The lowest BCUT2D eigenvalue weighted by Gasteiger charge is -2.60. The summed E-state index contributed by atoms with van der Waals surface area (Å²) in [5.74, 6) is -0.730. The van der Waals surface area contributed by atoms with E-state index in [1.165, 1.54) is 38.5 Å². The predicted octanol–water partition coefficient (Wildman–Crippen LogP) is 10.8. The third kappa shape index (κ3) is 13.4. The summed E-state index contributed by atoms with van der Waals surface area (Å²) in [6.07, 6.45) is 20.2. The first-order valence-corrected chi connectivity index (χ1v) is 24.3. The second kappa shape index (κ2) is 26.6. The van der Waals surface area contributed by atoms with E-state index >= 15 is 0 Å². The lowest BCUT2D eigenvalue weighted by atomic mass is 9.55. The molecule has 1 fully saturated rings. The Kier molecular flexibility index (Phi) is 21.0. The number of benzene rings is 2. The maximum Gasteiger partial charge on any atom is 0.412 e. The van der Waals surface area contributed by atoms with Crippen molar-refractivity contribution in [2.45, 2.75) is 161 Å². The molecule has 3 aliphatic rings. The van der Waals surface area contributed by atoms with Gasteiger partial charge in [-0.15, -0.1) is 6.58 Å². The lowest BCUT2D eigenvalue weighted by molar-refractivity contribution is -0.257. The van der Waals surface area contributed by atoms with Crippen LogP contribution in [0.15, 0.2) is 78.0 Å². The molecule has 348 valence electrons. The van der Waals surface area contributed by atoms with Gasteiger partial charge in [0, 0.05) is 50.6 Å². The normalized spacial score (nSPS) is 22.9. The Morgan fingerprint density at radius 1 is 0.905 bits per heavy atom. The van der Waals surface area contributed by atoms with Gasteiger partial charge in [0.2, 0.25) is 11.7 Å². The van der Waals surface area contributed by atoms with Crippen molar-refractivity contribution < 1.29 is 38.9 Å². The van der Waals surface area contributed by atoms with Gasteiger partial charge in [-0.2, -0.15) is 0 Å². The first kappa shape index (κ1) is 49.8. The SMILES string of the molecule is C=CCOC12Oc3ccc(OC(=O)NCC)cc3C3C(CCCCO)C(CCCCO)C=C(C(=NOCc4ccccc4)CC1N(CCC)C(=O)CCCCCCCCCCC)C32. The fourth-order valence-electron chi connectivity index (χ4n) is 10.2. The summed E-state index contributed by atoms with van der Waals surface area (Å²) in [4.78, 5) is 35.8. The fourth-order valence-corrected chi connectivity index (χ4v) is 10.2. The van der Waals surface area contributed by atoms with E-state index in [0.717, 1.165) is 73.8 Å². The van der Waals surface area contributed by atoms with Crippen LogP contribution >= 0.6 is 0 Å². The summed E-state index contributed by atoms with van der Waals surface area (Å²) >= 11 is 0. The highest BCUT2D eigenvalue weighted by Crippen LogP contribution is 2.62. The highest BCUT2D eigenvalue weighted by Gasteiger charge is 2.65. The van der Waals surface area contributed by atoms with Crippen molar-refractivity contribution in [1.82, 2.24) is 10.2 Å². The molecule has 0 saturated heterocycles. The highest BCUT2D eigenvalue weighted by atomic mass is 16.7. The van der Waals surface area contributed by atoms with Crippen molar-refractivity contribution in [3.05, 3.63) is 84.0 Å². The van der Waals surface area contributed by atoms with E-state index in [4.69, 9.17) is 24.2 Å². The average Bonchev–Trinajstić information content (AvgIpc) is 3.29. The first-order valence-electron chi connectivity index (χ1n) is 24.3. The summed E-state index contributed by atoms with van der Waals surface area (Å²) in [5, 5.41) is 27.6. The molecule has 2 aromatic carbocycles. The molecular weight excluding hydrogens is 795 g/mol. The van der Waals surface area contributed by atoms with Crippen molar-refractivity contribution in [2.24, 2.45) is 22.9 Å². The number of fused-ring (bicyclic) bond motifs is 2. The Morgan fingerprint density at radius 3 is 2.30 bits per heavy atom. The van der Waals surface area contributed by atoms with E-state index in [2.05, 4.69) is 31.8 Å². The number of rotatable bonds is 29. The Labute approximate surface area is 377 Å². The molecule has 63 heavy (non-hydrogen) atoms. The second-order valence-corrected chi connectivity index (χ2v) is 17.6. The lowest BCUT2D eigenvalue weighted by Crippen LogP contribution is -2.70. The number of oxime groups is 1. The zero-order valence-electron chi connectivity index (χ0n) is 38.6. The number of nitrogens with zero attached hydrogens (tertiary/aromatic N) is 2. The van der Waals surface area contributed by atoms with Crippen LogP contribution in [0.25, 0.3) is 0 Å². The molecule has 11 nitrogen and oxygen atoms in total. The third-order valence-electron chi connectivity index (χ3n) is 13.1. The van der Waals surface area contributed by atoms with Gasteiger partial charge in [0.05, 0.1) is 18.2 Å². The van der Waals surface area contributed by atoms with E-state index in [0.29, 0.717) is 50.3 Å². The van der Waals surface area contributed by atoms with Gasteiger partial charge in [0.25, 0.3) is 0 Å². The molecule has 0 aromatic heterocycles. The van der Waals surface area contributed by atoms with Crippen LogP contribution in [0.5, 0.6) is 11.5 Å².